The Bertz CT molecular complexity index is 532. The maximum atomic E-state index is 12.5. The van der Waals surface area contributed by atoms with E-state index in [0.29, 0.717) is 11.2 Å². The monoisotopic (exact) mass is 334 g/mol. The van der Waals surface area contributed by atoms with Crippen molar-refractivity contribution in [3.05, 3.63) is 24.3 Å². The topological polar surface area (TPSA) is 41.6 Å². The van der Waals surface area contributed by atoms with Crippen LogP contribution in [0.2, 0.25) is 0 Å². The number of nitrogens with one attached hydrogen (secondary N) is 1. The summed E-state index contributed by atoms with van der Waals surface area (Å²) < 4.78 is 5.20. The first-order chi connectivity index (χ1) is 11.3. The van der Waals surface area contributed by atoms with Crippen LogP contribution in [-0.2, 0) is 4.74 Å². The Labute approximate surface area is 143 Å². The fraction of sp³-hybridized carbons (Fsp3) is 0.611. The smallest absolute Gasteiger partial charge is 0.321 e. The van der Waals surface area contributed by atoms with Gasteiger partial charge in [-0.25, -0.2) is 4.79 Å². The van der Waals surface area contributed by atoms with Gasteiger partial charge in [0.1, 0.15) is 0 Å². The van der Waals surface area contributed by atoms with Gasteiger partial charge in [-0.05, 0) is 31.4 Å². The molecule has 1 aliphatic heterocycles. The van der Waals surface area contributed by atoms with Gasteiger partial charge < -0.3 is 15.0 Å². The first-order valence-corrected chi connectivity index (χ1v) is 9.45. The van der Waals surface area contributed by atoms with E-state index in [4.69, 9.17) is 4.74 Å². The minimum absolute atomic E-state index is 0.0167. The molecule has 23 heavy (non-hydrogen) atoms. The van der Waals surface area contributed by atoms with Gasteiger partial charge >= 0.3 is 6.03 Å². The van der Waals surface area contributed by atoms with Crippen LogP contribution in [0.5, 0.6) is 0 Å². The largest absolute Gasteiger partial charge is 0.384 e. The van der Waals surface area contributed by atoms with Crippen LogP contribution in [0.1, 0.15) is 32.1 Å². The molecule has 0 spiro atoms. The van der Waals surface area contributed by atoms with Crippen molar-refractivity contribution in [3.8, 4) is 0 Å². The summed E-state index contributed by atoms with van der Waals surface area (Å²) in [5.74, 6) is 0.467. The zero-order valence-corrected chi connectivity index (χ0v) is 14.6. The molecule has 5 heteroatoms. The Kier molecular flexibility index (Phi) is 5.84. The van der Waals surface area contributed by atoms with E-state index in [2.05, 4.69) is 17.4 Å². The molecule has 1 aliphatic carbocycles. The summed E-state index contributed by atoms with van der Waals surface area (Å²) in [4.78, 5) is 15.6. The van der Waals surface area contributed by atoms with Crippen molar-refractivity contribution in [2.24, 2.45) is 5.92 Å². The lowest BCUT2D eigenvalue weighted by atomic mass is 10.1. The zero-order chi connectivity index (χ0) is 16.1. The number of likely N-dealkylation sites (tertiary alicyclic amines) is 1. The second-order valence-electron chi connectivity index (χ2n) is 6.51. The molecular formula is C18H26N2O2S. The fourth-order valence-corrected chi connectivity index (χ4v) is 4.77. The van der Waals surface area contributed by atoms with Crippen LogP contribution in [0.25, 0.3) is 0 Å². The summed E-state index contributed by atoms with van der Waals surface area (Å²) in [6, 6.07) is 8.19. The fourth-order valence-electron chi connectivity index (χ4n) is 3.44. The molecular weight excluding hydrogens is 308 g/mol. The van der Waals surface area contributed by atoms with Crippen molar-refractivity contribution < 1.29 is 9.53 Å². The van der Waals surface area contributed by atoms with Crippen molar-refractivity contribution in [1.82, 2.24) is 4.90 Å². The lowest BCUT2D eigenvalue weighted by molar-refractivity contribution is 0.154. The normalized spacial score (nSPS) is 21.8. The maximum Gasteiger partial charge on any atom is 0.321 e. The molecule has 0 bridgehead atoms. The highest BCUT2D eigenvalue weighted by Crippen LogP contribution is 2.38. The molecule has 126 valence electrons. The molecule has 2 amide bonds. The van der Waals surface area contributed by atoms with Crippen LogP contribution in [0, 0.1) is 5.92 Å². The third-order valence-corrected chi connectivity index (χ3v) is 6.11. The molecule has 0 unspecified atom stereocenters. The quantitative estimate of drug-likeness (QED) is 0.876. The summed E-state index contributed by atoms with van der Waals surface area (Å²) >= 11 is 1.92. The van der Waals surface area contributed by atoms with E-state index in [-0.39, 0.29) is 6.03 Å². The summed E-state index contributed by atoms with van der Waals surface area (Å²) in [5, 5.41) is 3.81. The van der Waals surface area contributed by atoms with Crippen LogP contribution in [-0.4, -0.2) is 43.0 Å². The number of nitrogens with zero attached hydrogens (tertiary/aromatic N) is 1. The van der Waals surface area contributed by atoms with Gasteiger partial charge in [0.2, 0.25) is 0 Å². The Morgan fingerprint density at radius 1 is 1.30 bits per heavy atom. The Balaban J connectivity index is 1.60. The summed E-state index contributed by atoms with van der Waals surface area (Å²) in [6.07, 6.45) is 6.27. The number of anilines is 1. The number of rotatable bonds is 5. The molecule has 1 heterocycles. The summed E-state index contributed by atoms with van der Waals surface area (Å²) in [7, 11) is 1.72. The molecule has 1 saturated carbocycles. The van der Waals surface area contributed by atoms with Gasteiger partial charge in [0.15, 0.2) is 0 Å². The number of carbonyl (C=O) groups excluding carboxylic acids is 1. The van der Waals surface area contributed by atoms with Gasteiger partial charge in [0.25, 0.3) is 0 Å². The SMILES string of the molecule is COC[C@H]1CCN(C(=O)Nc2ccccc2SC2CCCC2)C1. The number of amides is 2. The number of methoxy groups -OCH3 is 1. The van der Waals surface area contributed by atoms with Gasteiger partial charge in [0, 0.05) is 36.3 Å². The van der Waals surface area contributed by atoms with Crippen molar-refractivity contribution in [2.45, 2.75) is 42.2 Å². The molecule has 0 aromatic heterocycles. The van der Waals surface area contributed by atoms with E-state index in [9.17, 15) is 4.79 Å². The Morgan fingerprint density at radius 2 is 2.09 bits per heavy atom. The van der Waals surface area contributed by atoms with E-state index >= 15 is 0 Å². The lowest BCUT2D eigenvalue weighted by Crippen LogP contribution is -2.33. The van der Waals surface area contributed by atoms with Crippen LogP contribution in [0.4, 0.5) is 10.5 Å². The number of thioether (sulfide) groups is 1. The van der Waals surface area contributed by atoms with Crippen LogP contribution in [0.15, 0.2) is 29.2 Å². The average molecular weight is 334 g/mol. The van der Waals surface area contributed by atoms with Crippen molar-refractivity contribution in [1.29, 1.82) is 0 Å². The predicted molar refractivity (Wildman–Crippen MR) is 95.1 cm³/mol. The van der Waals surface area contributed by atoms with Crippen LogP contribution >= 0.6 is 11.8 Å². The predicted octanol–water partition coefficient (Wildman–Crippen LogP) is 4.22. The molecule has 1 aromatic carbocycles. The summed E-state index contributed by atoms with van der Waals surface area (Å²) in [6.45, 7) is 2.34. The molecule has 1 atom stereocenters. The summed E-state index contributed by atoms with van der Waals surface area (Å²) in [5.41, 5.74) is 0.949. The maximum absolute atomic E-state index is 12.5. The number of para-hydroxylation sites is 1. The molecule has 0 radical (unpaired) electrons. The number of benzene rings is 1. The first kappa shape index (κ1) is 16.7. The molecule has 1 saturated heterocycles. The van der Waals surface area contributed by atoms with E-state index in [0.717, 1.165) is 31.8 Å². The number of carbonyl (C=O) groups is 1. The highest BCUT2D eigenvalue weighted by Gasteiger charge is 2.26. The van der Waals surface area contributed by atoms with Crippen molar-refractivity contribution >= 4 is 23.5 Å². The zero-order valence-electron chi connectivity index (χ0n) is 13.8. The standard InChI is InChI=1S/C18H26N2O2S/c1-22-13-14-10-11-20(12-14)18(21)19-16-8-4-5-9-17(16)23-15-6-2-3-7-15/h4-5,8-9,14-15H,2-3,6-7,10-13H2,1H3,(H,19,21)/t14-/m0/s1. The second-order valence-corrected chi connectivity index (χ2v) is 7.85. The molecule has 1 aromatic rings. The van der Waals surface area contributed by atoms with Crippen molar-refractivity contribution in [2.75, 3.05) is 32.1 Å². The van der Waals surface area contributed by atoms with Gasteiger partial charge in [-0.1, -0.05) is 25.0 Å². The Morgan fingerprint density at radius 3 is 2.87 bits per heavy atom. The third kappa shape index (κ3) is 4.42. The molecule has 3 rings (SSSR count). The van der Waals surface area contributed by atoms with Crippen LogP contribution < -0.4 is 5.32 Å². The number of ether oxygens (including phenoxy) is 1. The number of hydrogen-bond donors (Lipinski definition) is 1. The molecule has 2 fully saturated rings. The van der Waals surface area contributed by atoms with E-state index in [1.807, 2.05) is 28.8 Å². The van der Waals surface area contributed by atoms with E-state index in [1.165, 1.54) is 30.6 Å². The Hall–Kier alpha value is -1.20. The van der Waals surface area contributed by atoms with Crippen molar-refractivity contribution in [3.63, 3.8) is 0 Å². The van der Waals surface area contributed by atoms with E-state index in [1.54, 1.807) is 7.11 Å². The third-order valence-electron chi connectivity index (χ3n) is 4.70. The first-order valence-electron chi connectivity index (χ1n) is 8.57. The highest BCUT2D eigenvalue weighted by molar-refractivity contribution is 8.00. The minimum atomic E-state index is 0.0167. The lowest BCUT2D eigenvalue weighted by Gasteiger charge is -2.19. The molecule has 2 aliphatic rings. The second kappa shape index (κ2) is 8.06. The molecule has 4 nitrogen and oxygen atoms in total. The highest BCUT2D eigenvalue weighted by atomic mass is 32.2. The van der Waals surface area contributed by atoms with Gasteiger partial charge in [-0.15, -0.1) is 11.8 Å². The van der Waals surface area contributed by atoms with Gasteiger partial charge in [0.05, 0.1) is 12.3 Å². The average Bonchev–Trinajstić information content (AvgIpc) is 3.21. The van der Waals surface area contributed by atoms with E-state index < -0.39 is 0 Å². The minimum Gasteiger partial charge on any atom is -0.384 e. The van der Waals surface area contributed by atoms with Crippen LogP contribution in [0.3, 0.4) is 0 Å². The number of hydrogen-bond acceptors (Lipinski definition) is 3. The molecule has 1 N–H and O–H groups in total. The van der Waals surface area contributed by atoms with Gasteiger partial charge in [-0.3, -0.25) is 0 Å². The number of urea groups is 1. The van der Waals surface area contributed by atoms with Gasteiger partial charge in [-0.2, -0.15) is 0 Å².